The van der Waals surface area contributed by atoms with E-state index in [1.54, 1.807) is 0 Å². The van der Waals surface area contributed by atoms with Gasteiger partial charge in [0.15, 0.2) is 12.1 Å². The lowest BCUT2D eigenvalue weighted by molar-refractivity contribution is -0.210. The van der Waals surface area contributed by atoms with Crippen LogP contribution in [0.15, 0.2) is 5.16 Å². The number of oxime groups is 1. The highest BCUT2D eigenvalue weighted by molar-refractivity contribution is 5.92. The molecule has 5 atom stereocenters. The summed E-state index contributed by atoms with van der Waals surface area (Å²) in [5.74, 6) is -0.261. The monoisotopic (exact) mass is 269 g/mol. The van der Waals surface area contributed by atoms with Gasteiger partial charge in [0.25, 0.3) is 0 Å². The van der Waals surface area contributed by atoms with E-state index in [0.717, 1.165) is 25.2 Å². The van der Waals surface area contributed by atoms with Crippen LogP contribution in [0.5, 0.6) is 0 Å². The number of fused-ring (bicyclic) bond motifs is 5. The topological polar surface area (TPSA) is 58.5 Å². The second-order valence-corrected chi connectivity index (χ2v) is 6.01. The van der Waals surface area contributed by atoms with Crippen LogP contribution >= 0.6 is 0 Å². The highest BCUT2D eigenvalue weighted by Gasteiger charge is 2.58. The van der Waals surface area contributed by atoms with Crippen LogP contribution in [-0.2, 0) is 23.8 Å². The second kappa shape index (κ2) is 4.15. The third kappa shape index (κ3) is 1.89. The Kier molecular flexibility index (Phi) is 2.64. The molecule has 0 aromatic heterocycles. The smallest absolute Gasteiger partial charge is 0.190 e. The maximum Gasteiger partial charge on any atom is 0.190 e. The molecule has 0 aromatic rings. The van der Waals surface area contributed by atoms with Gasteiger partial charge in [-0.2, -0.15) is 0 Å². The fourth-order valence-electron chi connectivity index (χ4n) is 3.33. The van der Waals surface area contributed by atoms with Crippen molar-refractivity contribution in [2.75, 3.05) is 13.2 Å². The van der Waals surface area contributed by atoms with Crippen molar-refractivity contribution in [1.82, 2.24) is 0 Å². The average molecular weight is 269 g/mol. The Bertz CT molecular complexity index is 410. The molecule has 4 aliphatic heterocycles. The third-order valence-electron chi connectivity index (χ3n) is 4.15. The SMILES string of the molecule is CC1(C)O[C@H]2O[C@@H]3C4=NOCC4CCCO[C@@H]3[C@H]2O1. The fourth-order valence-corrected chi connectivity index (χ4v) is 3.33. The summed E-state index contributed by atoms with van der Waals surface area (Å²) < 4.78 is 23.6. The van der Waals surface area contributed by atoms with Crippen molar-refractivity contribution in [2.45, 2.75) is 57.1 Å². The number of hydrogen-bond donors (Lipinski definition) is 0. The van der Waals surface area contributed by atoms with Gasteiger partial charge in [-0.25, -0.2) is 0 Å². The molecule has 6 nitrogen and oxygen atoms in total. The Balaban J connectivity index is 1.61. The zero-order chi connectivity index (χ0) is 13.0. The molecule has 3 saturated heterocycles. The van der Waals surface area contributed by atoms with E-state index >= 15 is 0 Å². The van der Waals surface area contributed by atoms with E-state index in [0.29, 0.717) is 12.5 Å². The average Bonchev–Trinajstić information content (AvgIpc) is 2.95. The predicted molar refractivity (Wildman–Crippen MR) is 64.5 cm³/mol. The van der Waals surface area contributed by atoms with Crippen LogP contribution in [0.2, 0.25) is 0 Å². The van der Waals surface area contributed by atoms with Crippen molar-refractivity contribution in [2.24, 2.45) is 11.1 Å². The summed E-state index contributed by atoms with van der Waals surface area (Å²) in [6.45, 7) is 5.17. The molecule has 0 radical (unpaired) electrons. The summed E-state index contributed by atoms with van der Waals surface area (Å²) in [6.07, 6.45) is 1.16. The van der Waals surface area contributed by atoms with Crippen LogP contribution in [0.1, 0.15) is 26.7 Å². The predicted octanol–water partition coefficient (Wildman–Crippen LogP) is 1.04. The molecule has 0 N–H and O–H groups in total. The quantitative estimate of drug-likeness (QED) is 0.657. The molecule has 3 fully saturated rings. The Hall–Kier alpha value is -0.690. The molecular formula is C13H19NO5. The standard InChI is InChI=1S/C13H19NO5/c1-13(2)18-11-10-9(17-12(11)19-13)8-7(6-16-14-8)4-3-5-15-10/h7,9-12H,3-6H2,1-2H3/t7?,9-,10+,11-,12-/m1/s1. The third-order valence-corrected chi connectivity index (χ3v) is 4.15. The van der Waals surface area contributed by atoms with Crippen LogP contribution in [0.25, 0.3) is 0 Å². The van der Waals surface area contributed by atoms with Crippen LogP contribution in [-0.4, -0.2) is 49.3 Å². The van der Waals surface area contributed by atoms with Crippen molar-refractivity contribution in [3.05, 3.63) is 0 Å². The summed E-state index contributed by atoms with van der Waals surface area (Å²) in [6, 6.07) is 0. The summed E-state index contributed by atoms with van der Waals surface area (Å²) >= 11 is 0. The minimum Gasteiger partial charge on any atom is -0.395 e. The largest absolute Gasteiger partial charge is 0.395 e. The van der Waals surface area contributed by atoms with Gasteiger partial charge in [0.05, 0.1) is 5.71 Å². The van der Waals surface area contributed by atoms with E-state index in [4.69, 9.17) is 23.8 Å². The Labute approximate surface area is 112 Å². The fraction of sp³-hybridized carbons (Fsp3) is 0.923. The van der Waals surface area contributed by atoms with Gasteiger partial charge in [-0.15, -0.1) is 0 Å². The number of rotatable bonds is 0. The normalized spacial score (nSPS) is 47.5. The first-order valence-electron chi connectivity index (χ1n) is 6.96. The molecular weight excluding hydrogens is 250 g/mol. The molecule has 19 heavy (non-hydrogen) atoms. The molecule has 0 spiro atoms. The molecule has 0 bridgehead atoms. The van der Waals surface area contributed by atoms with Gasteiger partial charge in [-0.05, 0) is 26.7 Å². The summed E-state index contributed by atoms with van der Waals surface area (Å²) in [5, 5.41) is 4.17. The van der Waals surface area contributed by atoms with Crippen molar-refractivity contribution in [3.63, 3.8) is 0 Å². The van der Waals surface area contributed by atoms with E-state index < -0.39 is 5.79 Å². The van der Waals surface area contributed by atoms with E-state index in [1.807, 2.05) is 13.8 Å². The molecule has 0 amide bonds. The van der Waals surface area contributed by atoms with Crippen molar-refractivity contribution in [3.8, 4) is 0 Å². The first kappa shape index (κ1) is 12.1. The molecule has 6 heteroatoms. The van der Waals surface area contributed by atoms with Crippen molar-refractivity contribution < 1.29 is 23.8 Å². The van der Waals surface area contributed by atoms with Gasteiger partial charge < -0.3 is 23.8 Å². The summed E-state index contributed by atoms with van der Waals surface area (Å²) in [7, 11) is 0. The Morgan fingerprint density at radius 3 is 3.00 bits per heavy atom. The van der Waals surface area contributed by atoms with Gasteiger partial charge >= 0.3 is 0 Å². The van der Waals surface area contributed by atoms with Gasteiger partial charge in [-0.1, -0.05) is 5.16 Å². The molecule has 0 aromatic carbocycles. The second-order valence-electron chi connectivity index (χ2n) is 6.01. The van der Waals surface area contributed by atoms with Crippen LogP contribution in [0, 0.1) is 5.92 Å². The molecule has 0 aliphatic carbocycles. The van der Waals surface area contributed by atoms with Crippen LogP contribution < -0.4 is 0 Å². The zero-order valence-electron chi connectivity index (χ0n) is 11.2. The minimum absolute atomic E-state index is 0.143. The van der Waals surface area contributed by atoms with E-state index in [-0.39, 0.29) is 24.6 Å². The zero-order valence-corrected chi connectivity index (χ0v) is 11.2. The molecule has 4 rings (SSSR count). The molecule has 4 heterocycles. The highest BCUT2D eigenvalue weighted by atomic mass is 16.8. The first-order chi connectivity index (χ1) is 9.14. The van der Waals surface area contributed by atoms with E-state index in [1.165, 1.54) is 0 Å². The Morgan fingerprint density at radius 2 is 2.11 bits per heavy atom. The number of nitrogens with zero attached hydrogens (tertiary/aromatic N) is 1. The minimum atomic E-state index is -0.612. The Morgan fingerprint density at radius 1 is 1.21 bits per heavy atom. The number of ether oxygens (including phenoxy) is 4. The lowest BCUT2D eigenvalue weighted by Gasteiger charge is -2.28. The van der Waals surface area contributed by atoms with Gasteiger partial charge in [0, 0.05) is 12.5 Å². The van der Waals surface area contributed by atoms with Gasteiger partial charge in [0.2, 0.25) is 0 Å². The lowest BCUT2D eigenvalue weighted by atomic mass is 9.91. The van der Waals surface area contributed by atoms with Gasteiger partial charge in [0.1, 0.15) is 24.9 Å². The van der Waals surface area contributed by atoms with Crippen LogP contribution in [0.3, 0.4) is 0 Å². The molecule has 106 valence electrons. The van der Waals surface area contributed by atoms with Crippen LogP contribution in [0.4, 0.5) is 0 Å². The summed E-state index contributed by atoms with van der Waals surface area (Å²) in [5.41, 5.74) is 0.962. The molecule has 4 aliphatic rings. The molecule has 0 saturated carbocycles. The lowest BCUT2D eigenvalue weighted by Crippen LogP contribution is -2.44. The highest BCUT2D eigenvalue weighted by Crippen LogP contribution is 2.41. The van der Waals surface area contributed by atoms with Gasteiger partial charge in [-0.3, -0.25) is 0 Å². The molecule has 1 unspecified atom stereocenters. The van der Waals surface area contributed by atoms with Crippen molar-refractivity contribution in [1.29, 1.82) is 0 Å². The maximum atomic E-state index is 5.99. The van der Waals surface area contributed by atoms with E-state index in [9.17, 15) is 0 Å². The van der Waals surface area contributed by atoms with Crippen molar-refractivity contribution >= 4 is 5.71 Å². The van der Waals surface area contributed by atoms with E-state index in [2.05, 4.69) is 5.16 Å². The first-order valence-corrected chi connectivity index (χ1v) is 6.96. The maximum absolute atomic E-state index is 5.99. The summed E-state index contributed by atoms with van der Waals surface area (Å²) in [4.78, 5) is 5.24. The number of hydrogen-bond acceptors (Lipinski definition) is 6.